The van der Waals surface area contributed by atoms with Gasteiger partial charge in [0.05, 0.1) is 6.61 Å². The summed E-state index contributed by atoms with van der Waals surface area (Å²) in [6.45, 7) is 4.02. The molecule has 0 saturated carbocycles. The molecule has 80 valence electrons. The van der Waals surface area contributed by atoms with Gasteiger partial charge in [-0.2, -0.15) is 8.42 Å². The molecule has 0 bridgehead atoms. The number of unbranched alkanes of at least 4 members (excludes halogenated alkanes) is 2. The van der Waals surface area contributed by atoms with Crippen LogP contribution in [0.3, 0.4) is 0 Å². The van der Waals surface area contributed by atoms with Gasteiger partial charge >= 0.3 is 0 Å². The first kappa shape index (κ1) is 12.9. The molecule has 0 fully saturated rings. The molecule has 0 aromatic heterocycles. The van der Waals surface area contributed by atoms with Crippen molar-refractivity contribution in [3.63, 3.8) is 0 Å². The molecule has 13 heavy (non-hydrogen) atoms. The minimum atomic E-state index is -3.51. The lowest BCUT2D eigenvalue weighted by atomic mass is 10.3. The van der Waals surface area contributed by atoms with Crippen molar-refractivity contribution >= 4 is 10.1 Å². The largest absolute Gasteiger partial charge is 0.313 e. The van der Waals surface area contributed by atoms with Crippen LogP contribution >= 0.6 is 0 Å². The molecule has 0 aliphatic rings. The Morgan fingerprint density at radius 3 is 2.38 bits per heavy atom. The summed E-state index contributed by atoms with van der Waals surface area (Å²) in [7, 11) is -3.51. The predicted octanol–water partition coefficient (Wildman–Crippen LogP) is 1.22. The molecule has 5 heteroatoms. The topological polar surface area (TPSA) is 69.4 Å². The first-order valence-electron chi connectivity index (χ1n) is 4.68. The van der Waals surface area contributed by atoms with Crippen LogP contribution in [-0.4, -0.2) is 20.4 Å². The third-order valence-corrected chi connectivity index (χ3v) is 3.34. The van der Waals surface area contributed by atoms with Crippen LogP contribution in [0.2, 0.25) is 0 Å². The van der Waals surface area contributed by atoms with Crippen LogP contribution in [-0.2, 0) is 14.3 Å². The maximum Gasteiger partial charge on any atom is 0.283 e. The zero-order chi connectivity index (χ0) is 10.3. The van der Waals surface area contributed by atoms with Gasteiger partial charge in [0.15, 0.2) is 0 Å². The summed E-state index contributed by atoms with van der Waals surface area (Å²) >= 11 is 0. The summed E-state index contributed by atoms with van der Waals surface area (Å²) in [6, 6.07) is 0. The first-order valence-corrected chi connectivity index (χ1v) is 6.15. The second-order valence-corrected chi connectivity index (χ2v) is 4.80. The van der Waals surface area contributed by atoms with E-state index in [1.54, 1.807) is 6.92 Å². The van der Waals surface area contributed by atoms with E-state index in [2.05, 4.69) is 0 Å². The summed E-state index contributed by atoms with van der Waals surface area (Å²) < 4.78 is 27.1. The lowest BCUT2D eigenvalue weighted by molar-refractivity contribution is 0.301. The first-order chi connectivity index (χ1) is 6.04. The molecule has 2 N–H and O–H groups in total. The summed E-state index contributed by atoms with van der Waals surface area (Å²) in [4.78, 5) is 0. The van der Waals surface area contributed by atoms with E-state index in [9.17, 15) is 8.42 Å². The highest BCUT2D eigenvalue weighted by Crippen LogP contribution is 2.04. The Bertz CT molecular complexity index is 213. The quantitative estimate of drug-likeness (QED) is 0.505. The maximum atomic E-state index is 11.2. The molecule has 4 nitrogen and oxygen atoms in total. The van der Waals surface area contributed by atoms with Gasteiger partial charge in [-0.15, -0.1) is 0 Å². The Morgan fingerprint density at radius 2 is 1.92 bits per heavy atom. The number of hydrogen-bond donors (Lipinski definition) is 1. The van der Waals surface area contributed by atoms with Crippen LogP contribution in [0.1, 0.15) is 39.5 Å². The van der Waals surface area contributed by atoms with E-state index in [1.165, 1.54) is 0 Å². The Labute approximate surface area is 80.6 Å². The second kappa shape index (κ2) is 6.34. The third kappa shape index (κ3) is 5.23. The Kier molecular flexibility index (Phi) is 6.28. The van der Waals surface area contributed by atoms with E-state index in [1.807, 2.05) is 6.92 Å². The van der Waals surface area contributed by atoms with Crippen molar-refractivity contribution in [3.8, 4) is 0 Å². The van der Waals surface area contributed by atoms with Gasteiger partial charge in [-0.3, -0.25) is 4.18 Å². The van der Waals surface area contributed by atoms with Gasteiger partial charge in [-0.05, 0) is 12.8 Å². The molecule has 0 aromatic rings. The molecule has 0 amide bonds. The minimum absolute atomic E-state index is 0.254. The highest BCUT2D eigenvalue weighted by atomic mass is 32.2. The highest BCUT2D eigenvalue weighted by Gasteiger charge is 2.19. The van der Waals surface area contributed by atoms with E-state index in [-0.39, 0.29) is 6.61 Å². The van der Waals surface area contributed by atoms with Crippen LogP contribution in [0, 0.1) is 0 Å². The summed E-state index contributed by atoms with van der Waals surface area (Å²) in [5.41, 5.74) is 5.35. The number of hydrogen-bond acceptors (Lipinski definition) is 4. The lowest BCUT2D eigenvalue weighted by Gasteiger charge is -2.10. The van der Waals surface area contributed by atoms with Crippen LogP contribution < -0.4 is 5.73 Å². The maximum absolute atomic E-state index is 11.2. The monoisotopic (exact) mass is 209 g/mol. The van der Waals surface area contributed by atoms with Crippen molar-refractivity contribution in [2.24, 2.45) is 5.73 Å². The van der Waals surface area contributed by atoms with Gasteiger partial charge in [-0.1, -0.05) is 26.7 Å². The summed E-state index contributed by atoms with van der Waals surface area (Å²) in [5.74, 6) is 0. The van der Waals surface area contributed by atoms with Gasteiger partial charge in [0.25, 0.3) is 10.1 Å². The van der Waals surface area contributed by atoms with Gasteiger partial charge in [0.1, 0.15) is 5.37 Å². The van der Waals surface area contributed by atoms with Gasteiger partial charge < -0.3 is 5.73 Å². The SMILES string of the molecule is CCCCCOS(=O)(=O)C(N)CC. The molecule has 0 saturated heterocycles. The van der Waals surface area contributed by atoms with Crippen LogP contribution in [0.15, 0.2) is 0 Å². The van der Waals surface area contributed by atoms with Gasteiger partial charge in [-0.25, -0.2) is 0 Å². The Hall–Kier alpha value is -0.130. The zero-order valence-electron chi connectivity index (χ0n) is 8.32. The van der Waals surface area contributed by atoms with Crippen molar-refractivity contribution in [3.05, 3.63) is 0 Å². The van der Waals surface area contributed by atoms with Crippen molar-refractivity contribution in [1.82, 2.24) is 0 Å². The molecule has 0 aromatic carbocycles. The van der Waals surface area contributed by atoms with Crippen molar-refractivity contribution in [2.75, 3.05) is 6.61 Å². The summed E-state index contributed by atoms with van der Waals surface area (Å²) in [5, 5.41) is -0.880. The van der Waals surface area contributed by atoms with Gasteiger partial charge in [0, 0.05) is 0 Å². The normalized spacial score (nSPS) is 14.4. The van der Waals surface area contributed by atoms with Crippen molar-refractivity contribution < 1.29 is 12.6 Å². The standard InChI is InChI=1S/C8H19NO3S/c1-3-5-6-7-12-13(10,11)8(9)4-2/h8H,3-7,9H2,1-2H3. The average Bonchev–Trinajstić information content (AvgIpc) is 2.11. The zero-order valence-corrected chi connectivity index (χ0v) is 9.14. The second-order valence-electron chi connectivity index (χ2n) is 2.97. The fraction of sp³-hybridized carbons (Fsp3) is 1.00. The highest BCUT2D eigenvalue weighted by molar-refractivity contribution is 7.87. The van der Waals surface area contributed by atoms with Crippen LogP contribution in [0.5, 0.6) is 0 Å². The summed E-state index contributed by atoms with van der Waals surface area (Å²) in [6.07, 6.45) is 3.18. The fourth-order valence-electron chi connectivity index (χ4n) is 0.819. The predicted molar refractivity (Wildman–Crippen MR) is 52.7 cm³/mol. The molecule has 0 rings (SSSR count). The van der Waals surface area contributed by atoms with Crippen LogP contribution in [0.4, 0.5) is 0 Å². The molecule has 0 aliphatic heterocycles. The Balaban J connectivity index is 3.77. The van der Waals surface area contributed by atoms with E-state index >= 15 is 0 Å². The van der Waals surface area contributed by atoms with Gasteiger partial charge in [0.2, 0.25) is 0 Å². The lowest BCUT2D eigenvalue weighted by Crippen LogP contribution is -2.31. The molecule has 0 spiro atoms. The number of rotatable bonds is 7. The van der Waals surface area contributed by atoms with E-state index in [4.69, 9.17) is 9.92 Å². The molecular formula is C8H19NO3S. The van der Waals surface area contributed by atoms with E-state index in [0.717, 1.165) is 19.3 Å². The van der Waals surface area contributed by atoms with Crippen LogP contribution in [0.25, 0.3) is 0 Å². The fourth-order valence-corrected chi connectivity index (χ4v) is 1.75. The van der Waals surface area contributed by atoms with Crippen molar-refractivity contribution in [1.29, 1.82) is 0 Å². The van der Waals surface area contributed by atoms with E-state index in [0.29, 0.717) is 6.42 Å². The molecule has 0 heterocycles. The molecule has 1 unspecified atom stereocenters. The molecule has 0 radical (unpaired) electrons. The third-order valence-electron chi connectivity index (χ3n) is 1.77. The van der Waals surface area contributed by atoms with E-state index < -0.39 is 15.5 Å². The molecule has 0 aliphatic carbocycles. The average molecular weight is 209 g/mol. The molecule has 1 atom stereocenters. The minimum Gasteiger partial charge on any atom is -0.313 e. The Morgan fingerprint density at radius 1 is 1.31 bits per heavy atom. The number of nitrogens with two attached hydrogens (primary N) is 1. The smallest absolute Gasteiger partial charge is 0.283 e. The van der Waals surface area contributed by atoms with Crippen molar-refractivity contribution in [2.45, 2.75) is 44.9 Å². The molecular weight excluding hydrogens is 190 g/mol.